The third kappa shape index (κ3) is 2.91. The number of hydrogen-bond donors (Lipinski definition) is 0. The molecule has 0 bridgehead atoms. The van der Waals surface area contributed by atoms with E-state index in [1.807, 2.05) is 19.9 Å². The quantitative estimate of drug-likeness (QED) is 0.665. The van der Waals surface area contributed by atoms with E-state index < -0.39 is 0 Å². The van der Waals surface area contributed by atoms with E-state index in [2.05, 4.69) is 45.1 Å². The Balaban J connectivity index is 0.000000686. The second-order valence-electron chi connectivity index (χ2n) is 4.58. The molecule has 2 unspecified atom stereocenters. The molecule has 2 rings (SSSR count). The number of hydrogen-bond acceptors (Lipinski definition) is 1. The van der Waals surface area contributed by atoms with Crippen LogP contribution < -0.4 is 0 Å². The molecule has 1 heterocycles. The predicted octanol–water partition coefficient (Wildman–Crippen LogP) is 5.40. The molecule has 1 aliphatic carbocycles. The molecular weight excluding hydrogens is 208 g/mol. The van der Waals surface area contributed by atoms with Crippen LogP contribution >= 0.6 is 0 Å². The van der Waals surface area contributed by atoms with Gasteiger partial charge in [0.05, 0.1) is 6.26 Å². The van der Waals surface area contributed by atoms with Crippen LogP contribution in [0.5, 0.6) is 0 Å². The molecule has 0 amide bonds. The van der Waals surface area contributed by atoms with Crippen molar-refractivity contribution in [3.05, 3.63) is 35.8 Å². The molecule has 94 valence electrons. The van der Waals surface area contributed by atoms with Crippen molar-refractivity contribution in [2.75, 3.05) is 0 Å². The summed E-state index contributed by atoms with van der Waals surface area (Å²) >= 11 is 0. The van der Waals surface area contributed by atoms with Gasteiger partial charge in [-0.25, -0.2) is 0 Å². The largest absolute Gasteiger partial charge is 0.464 e. The normalized spacial score (nSPS) is 23.4. The topological polar surface area (TPSA) is 13.1 Å². The average Bonchev–Trinajstić information content (AvgIpc) is 2.77. The van der Waals surface area contributed by atoms with E-state index in [1.54, 1.807) is 6.26 Å². The van der Waals surface area contributed by atoms with Crippen molar-refractivity contribution in [1.82, 2.24) is 0 Å². The van der Waals surface area contributed by atoms with Gasteiger partial charge in [-0.2, -0.15) is 0 Å². The van der Waals surface area contributed by atoms with Crippen molar-refractivity contribution in [3.63, 3.8) is 0 Å². The van der Waals surface area contributed by atoms with Crippen LogP contribution in [0.1, 0.15) is 52.4 Å². The van der Waals surface area contributed by atoms with Crippen molar-refractivity contribution in [3.8, 4) is 0 Å². The fourth-order valence-corrected chi connectivity index (χ4v) is 1.95. The summed E-state index contributed by atoms with van der Waals surface area (Å²) in [6, 6.07) is 2.01. The van der Waals surface area contributed by atoms with Crippen LogP contribution in [0.4, 0.5) is 0 Å². The molecule has 1 nitrogen and oxygen atoms in total. The van der Waals surface area contributed by atoms with E-state index >= 15 is 0 Å². The van der Waals surface area contributed by atoms with Crippen LogP contribution in [0.15, 0.2) is 28.9 Å². The zero-order chi connectivity index (χ0) is 12.9. The van der Waals surface area contributed by atoms with Gasteiger partial charge in [-0.05, 0) is 18.1 Å². The standard InChI is InChI=1S/C14H18O.C2H6/c1-4-11(2)14(3)8-5-12-7-10-15-13(12)6-9-14;1-2/h5-11H,4H2,1-3H3;1-2H3. The molecule has 1 heteroatoms. The van der Waals surface area contributed by atoms with Gasteiger partial charge < -0.3 is 4.42 Å². The summed E-state index contributed by atoms with van der Waals surface area (Å²) in [6.45, 7) is 10.8. The van der Waals surface area contributed by atoms with E-state index in [0.717, 1.165) is 5.76 Å². The fraction of sp³-hybridized carbons (Fsp3) is 0.500. The minimum absolute atomic E-state index is 0.149. The second kappa shape index (κ2) is 5.90. The van der Waals surface area contributed by atoms with Crippen LogP contribution in [-0.2, 0) is 0 Å². The van der Waals surface area contributed by atoms with Gasteiger partial charge in [0, 0.05) is 11.0 Å². The molecule has 0 saturated heterocycles. The van der Waals surface area contributed by atoms with Gasteiger partial charge in [0.2, 0.25) is 0 Å². The lowest BCUT2D eigenvalue weighted by atomic mass is 9.76. The highest BCUT2D eigenvalue weighted by Crippen LogP contribution is 2.36. The lowest BCUT2D eigenvalue weighted by molar-refractivity contribution is 0.345. The van der Waals surface area contributed by atoms with E-state index in [0.29, 0.717) is 5.92 Å². The molecular formula is C16H24O. The summed E-state index contributed by atoms with van der Waals surface area (Å²) in [5.74, 6) is 1.62. The summed E-state index contributed by atoms with van der Waals surface area (Å²) < 4.78 is 5.40. The fourth-order valence-electron chi connectivity index (χ4n) is 1.95. The monoisotopic (exact) mass is 232 g/mol. The summed E-state index contributed by atoms with van der Waals surface area (Å²) in [7, 11) is 0. The highest BCUT2D eigenvalue weighted by Gasteiger charge is 2.25. The molecule has 0 N–H and O–H groups in total. The zero-order valence-electron chi connectivity index (χ0n) is 11.7. The third-order valence-corrected chi connectivity index (χ3v) is 3.62. The Bertz CT molecular complexity index is 367. The Labute approximate surface area is 105 Å². The minimum Gasteiger partial charge on any atom is -0.464 e. The van der Waals surface area contributed by atoms with E-state index in [9.17, 15) is 0 Å². The Kier molecular flexibility index (Phi) is 4.80. The molecule has 0 fully saturated rings. The summed E-state index contributed by atoms with van der Waals surface area (Å²) in [6.07, 6.45) is 11.7. The molecule has 0 radical (unpaired) electrons. The third-order valence-electron chi connectivity index (χ3n) is 3.62. The van der Waals surface area contributed by atoms with Crippen molar-refractivity contribution in [1.29, 1.82) is 0 Å². The first-order valence-corrected chi connectivity index (χ1v) is 6.61. The molecule has 1 aromatic heterocycles. The molecule has 2 atom stereocenters. The molecule has 0 saturated carbocycles. The van der Waals surface area contributed by atoms with Crippen LogP contribution in [-0.4, -0.2) is 0 Å². The minimum atomic E-state index is 0.149. The first-order chi connectivity index (χ1) is 8.15. The van der Waals surface area contributed by atoms with E-state index in [1.165, 1.54) is 12.0 Å². The molecule has 0 aromatic carbocycles. The molecule has 17 heavy (non-hydrogen) atoms. The maximum Gasteiger partial charge on any atom is 0.133 e. The number of allylic oxidation sites excluding steroid dienone is 2. The average molecular weight is 232 g/mol. The number of fused-ring (bicyclic) bond motifs is 1. The lowest BCUT2D eigenvalue weighted by Crippen LogP contribution is -2.19. The summed E-state index contributed by atoms with van der Waals surface area (Å²) in [5.41, 5.74) is 1.33. The van der Waals surface area contributed by atoms with Gasteiger partial charge in [-0.15, -0.1) is 0 Å². The van der Waals surface area contributed by atoms with Gasteiger partial charge in [-0.3, -0.25) is 0 Å². The molecule has 0 spiro atoms. The summed E-state index contributed by atoms with van der Waals surface area (Å²) in [4.78, 5) is 0. The Morgan fingerprint density at radius 1 is 1.24 bits per heavy atom. The van der Waals surface area contributed by atoms with E-state index in [-0.39, 0.29) is 5.41 Å². The molecule has 0 aliphatic heterocycles. The highest BCUT2D eigenvalue weighted by atomic mass is 16.3. The number of rotatable bonds is 2. The van der Waals surface area contributed by atoms with Gasteiger partial charge in [0.1, 0.15) is 5.76 Å². The van der Waals surface area contributed by atoms with Crippen LogP contribution in [0.25, 0.3) is 12.2 Å². The number of furan rings is 1. The van der Waals surface area contributed by atoms with Gasteiger partial charge in [0.15, 0.2) is 0 Å². The van der Waals surface area contributed by atoms with Gasteiger partial charge >= 0.3 is 0 Å². The zero-order valence-corrected chi connectivity index (χ0v) is 11.7. The SMILES string of the molecule is CC.CCC(C)C1(C)C=Cc2ccoc2C=C1. The maximum atomic E-state index is 5.40. The summed E-state index contributed by atoms with van der Waals surface area (Å²) in [5, 5.41) is 0. The Morgan fingerprint density at radius 2 is 1.88 bits per heavy atom. The van der Waals surface area contributed by atoms with Crippen LogP contribution in [0, 0.1) is 11.3 Å². The highest BCUT2D eigenvalue weighted by molar-refractivity contribution is 5.65. The van der Waals surface area contributed by atoms with Gasteiger partial charge in [-0.1, -0.05) is 59.3 Å². The Hall–Kier alpha value is -1.24. The van der Waals surface area contributed by atoms with Crippen molar-refractivity contribution < 1.29 is 4.42 Å². The van der Waals surface area contributed by atoms with E-state index in [4.69, 9.17) is 4.42 Å². The second-order valence-corrected chi connectivity index (χ2v) is 4.58. The smallest absolute Gasteiger partial charge is 0.133 e. The first kappa shape index (κ1) is 13.8. The van der Waals surface area contributed by atoms with Crippen molar-refractivity contribution in [2.45, 2.75) is 41.0 Å². The van der Waals surface area contributed by atoms with Crippen molar-refractivity contribution >= 4 is 12.2 Å². The molecule has 1 aliphatic rings. The van der Waals surface area contributed by atoms with Crippen LogP contribution in [0.3, 0.4) is 0 Å². The van der Waals surface area contributed by atoms with Gasteiger partial charge in [0.25, 0.3) is 0 Å². The van der Waals surface area contributed by atoms with Crippen LogP contribution in [0.2, 0.25) is 0 Å². The first-order valence-electron chi connectivity index (χ1n) is 6.61. The predicted molar refractivity (Wildman–Crippen MR) is 75.7 cm³/mol. The molecule has 1 aromatic rings. The van der Waals surface area contributed by atoms with Crippen molar-refractivity contribution in [2.24, 2.45) is 11.3 Å². The lowest BCUT2D eigenvalue weighted by Gasteiger charge is -2.28. The Morgan fingerprint density at radius 3 is 2.53 bits per heavy atom. The maximum absolute atomic E-state index is 5.40.